The van der Waals surface area contributed by atoms with Gasteiger partial charge in [0.2, 0.25) is 5.88 Å². The summed E-state index contributed by atoms with van der Waals surface area (Å²) in [5.41, 5.74) is 1.75. The molecule has 1 aliphatic rings. The molecular formula is C14H22N2O2. The van der Waals surface area contributed by atoms with E-state index in [1.807, 2.05) is 14.0 Å². The van der Waals surface area contributed by atoms with Crippen molar-refractivity contribution in [1.82, 2.24) is 9.78 Å². The van der Waals surface area contributed by atoms with E-state index in [0.717, 1.165) is 24.8 Å². The molecule has 1 aromatic rings. The van der Waals surface area contributed by atoms with E-state index in [2.05, 4.69) is 18.9 Å². The molecule has 4 heteroatoms. The topological polar surface area (TPSA) is 44.1 Å². The average Bonchev–Trinajstić information content (AvgIpc) is 2.56. The SMILES string of the molecule is Cc1nn(C)c(OC2CCC(C)(C)CC2)c1C=O. The van der Waals surface area contributed by atoms with Gasteiger partial charge < -0.3 is 4.74 Å². The molecule has 1 aliphatic carbocycles. The number of carbonyl (C=O) groups excluding carboxylic acids is 1. The lowest BCUT2D eigenvalue weighted by Crippen LogP contribution is -2.29. The van der Waals surface area contributed by atoms with Gasteiger partial charge in [-0.1, -0.05) is 13.8 Å². The predicted molar refractivity (Wildman–Crippen MR) is 70.0 cm³/mol. The van der Waals surface area contributed by atoms with Gasteiger partial charge in [0.1, 0.15) is 6.10 Å². The maximum absolute atomic E-state index is 11.1. The van der Waals surface area contributed by atoms with Crippen molar-refractivity contribution in [3.8, 4) is 5.88 Å². The van der Waals surface area contributed by atoms with Crippen molar-refractivity contribution < 1.29 is 9.53 Å². The smallest absolute Gasteiger partial charge is 0.222 e. The van der Waals surface area contributed by atoms with Crippen LogP contribution in [0.1, 0.15) is 55.6 Å². The van der Waals surface area contributed by atoms with Gasteiger partial charge in [0.25, 0.3) is 0 Å². The summed E-state index contributed by atoms with van der Waals surface area (Å²) >= 11 is 0. The Morgan fingerprint density at radius 1 is 1.39 bits per heavy atom. The molecule has 0 N–H and O–H groups in total. The fourth-order valence-corrected chi connectivity index (χ4v) is 2.58. The summed E-state index contributed by atoms with van der Waals surface area (Å²) in [5.74, 6) is 0.618. The van der Waals surface area contributed by atoms with Crippen molar-refractivity contribution in [3.05, 3.63) is 11.3 Å². The fraction of sp³-hybridized carbons (Fsp3) is 0.714. The van der Waals surface area contributed by atoms with Crippen molar-refractivity contribution in [2.45, 2.75) is 52.6 Å². The summed E-state index contributed by atoms with van der Waals surface area (Å²) in [4.78, 5) is 11.1. The Kier molecular flexibility index (Phi) is 3.46. The molecule has 100 valence electrons. The number of aromatic nitrogens is 2. The van der Waals surface area contributed by atoms with E-state index in [4.69, 9.17) is 4.74 Å². The summed E-state index contributed by atoms with van der Waals surface area (Å²) < 4.78 is 7.66. The highest BCUT2D eigenvalue weighted by atomic mass is 16.5. The van der Waals surface area contributed by atoms with E-state index in [-0.39, 0.29) is 6.10 Å². The highest BCUT2D eigenvalue weighted by Gasteiger charge is 2.29. The maximum atomic E-state index is 11.1. The van der Waals surface area contributed by atoms with Crippen LogP contribution < -0.4 is 4.74 Å². The monoisotopic (exact) mass is 250 g/mol. The number of aldehydes is 1. The zero-order valence-electron chi connectivity index (χ0n) is 11.7. The third kappa shape index (κ3) is 2.57. The number of nitrogens with zero attached hydrogens (tertiary/aromatic N) is 2. The van der Waals surface area contributed by atoms with Crippen LogP contribution in [0.3, 0.4) is 0 Å². The van der Waals surface area contributed by atoms with Crippen LogP contribution in [0, 0.1) is 12.3 Å². The summed E-state index contributed by atoms with van der Waals surface area (Å²) in [5, 5.41) is 4.24. The molecule has 0 atom stereocenters. The van der Waals surface area contributed by atoms with E-state index in [9.17, 15) is 4.79 Å². The van der Waals surface area contributed by atoms with Crippen molar-refractivity contribution in [2.75, 3.05) is 0 Å². The van der Waals surface area contributed by atoms with Gasteiger partial charge in [-0.3, -0.25) is 4.79 Å². The standard InChI is InChI=1S/C14H22N2O2/c1-10-12(9-17)13(16(4)15-10)18-11-5-7-14(2,3)8-6-11/h9,11H,5-8H2,1-4H3. The first-order valence-corrected chi connectivity index (χ1v) is 6.58. The number of aryl methyl sites for hydroxylation is 2. The van der Waals surface area contributed by atoms with Gasteiger partial charge in [-0.05, 0) is 38.0 Å². The third-order valence-electron chi connectivity index (χ3n) is 3.90. The van der Waals surface area contributed by atoms with Gasteiger partial charge in [-0.15, -0.1) is 0 Å². The molecule has 1 fully saturated rings. The van der Waals surface area contributed by atoms with Crippen molar-refractivity contribution in [1.29, 1.82) is 0 Å². The number of ether oxygens (including phenoxy) is 1. The summed E-state index contributed by atoms with van der Waals surface area (Å²) in [6.07, 6.45) is 5.50. The molecule has 0 amide bonds. The molecule has 18 heavy (non-hydrogen) atoms. The zero-order valence-corrected chi connectivity index (χ0v) is 11.7. The summed E-state index contributed by atoms with van der Waals surface area (Å²) in [6.45, 7) is 6.43. The van der Waals surface area contributed by atoms with Gasteiger partial charge in [-0.2, -0.15) is 5.10 Å². The van der Waals surface area contributed by atoms with Crippen LogP contribution >= 0.6 is 0 Å². The molecule has 0 aromatic carbocycles. The fourth-order valence-electron chi connectivity index (χ4n) is 2.58. The molecule has 4 nitrogen and oxygen atoms in total. The molecule has 0 radical (unpaired) electrons. The minimum atomic E-state index is 0.214. The molecule has 0 saturated heterocycles. The molecule has 1 saturated carbocycles. The summed E-state index contributed by atoms with van der Waals surface area (Å²) in [6, 6.07) is 0. The van der Waals surface area contributed by atoms with Crippen molar-refractivity contribution in [2.24, 2.45) is 12.5 Å². The Morgan fingerprint density at radius 3 is 2.56 bits per heavy atom. The Morgan fingerprint density at radius 2 is 2.00 bits per heavy atom. The van der Waals surface area contributed by atoms with E-state index in [1.54, 1.807) is 4.68 Å². The second-order valence-electron chi connectivity index (χ2n) is 6.03. The van der Waals surface area contributed by atoms with Gasteiger partial charge in [0, 0.05) is 7.05 Å². The molecule has 0 bridgehead atoms. The first-order chi connectivity index (χ1) is 8.43. The van der Waals surface area contributed by atoms with Crippen LogP contribution in [0.15, 0.2) is 0 Å². The molecule has 0 spiro atoms. The van der Waals surface area contributed by atoms with Crippen molar-refractivity contribution >= 4 is 6.29 Å². The Bertz CT molecular complexity index is 439. The quantitative estimate of drug-likeness (QED) is 0.775. The van der Waals surface area contributed by atoms with Crippen LogP contribution in [-0.4, -0.2) is 22.2 Å². The first kappa shape index (κ1) is 13.1. The average molecular weight is 250 g/mol. The summed E-state index contributed by atoms with van der Waals surface area (Å²) in [7, 11) is 1.82. The maximum Gasteiger partial charge on any atom is 0.222 e. The third-order valence-corrected chi connectivity index (χ3v) is 3.90. The minimum Gasteiger partial charge on any atom is -0.474 e. The molecule has 2 rings (SSSR count). The van der Waals surface area contributed by atoms with E-state index < -0.39 is 0 Å². The van der Waals surface area contributed by atoms with E-state index in [1.165, 1.54) is 12.8 Å². The van der Waals surface area contributed by atoms with E-state index >= 15 is 0 Å². The second kappa shape index (κ2) is 4.75. The highest BCUT2D eigenvalue weighted by molar-refractivity contribution is 5.80. The molecular weight excluding hydrogens is 228 g/mol. The zero-order chi connectivity index (χ0) is 13.3. The number of hydrogen-bond acceptors (Lipinski definition) is 3. The minimum absolute atomic E-state index is 0.214. The molecule has 0 aliphatic heterocycles. The van der Waals surface area contributed by atoms with Crippen LogP contribution in [0.4, 0.5) is 0 Å². The van der Waals surface area contributed by atoms with Gasteiger partial charge in [-0.25, -0.2) is 4.68 Å². The highest BCUT2D eigenvalue weighted by Crippen LogP contribution is 2.37. The predicted octanol–water partition coefficient (Wildman–Crippen LogP) is 2.89. The molecule has 0 unspecified atom stereocenters. The number of hydrogen-bond donors (Lipinski definition) is 0. The van der Waals surface area contributed by atoms with Crippen LogP contribution in [0.25, 0.3) is 0 Å². The van der Waals surface area contributed by atoms with Crippen LogP contribution in [0.5, 0.6) is 5.88 Å². The Labute approximate surface area is 108 Å². The lowest BCUT2D eigenvalue weighted by atomic mass is 9.76. The van der Waals surface area contributed by atoms with Crippen LogP contribution in [-0.2, 0) is 7.05 Å². The normalized spacial score (nSPS) is 19.8. The van der Waals surface area contributed by atoms with Gasteiger partial charge >= 0.3 is 0 Å². The Balaban J connectivity index is 2.09. The molecule has 1 heterocycles. The number of carbonyl (C=O) groups is 1. The van der Waals surface area contributed by atoms with Gasteiger partial charge in [0.15, 0.2) is 6.29 Å². The second-order valence-corrected chi connectivity index (χ2v) is 6.03. The molecule has 1 aromatic heterocycles. The number of rotatable bonds is 3. The lowest BCUT2D eigenvalue weighted by Gasteiger charge is -2.34. The van der Waals surface area contributed by atoms with Crippen LogP contribution in [0.2, 0.25) is 0 Å². The Hall–Kier alpha value is -1.32. The first-order valence-electron chi connectivity index (χ1n) is 6.58. The largest absolute Gasteiger partial charge is 0.474 e. The lowest BCUT2D eigenvalue weighted by molar-refractivity contribution is 0.0892. The van der Waals surface area contributed by atoms with Crippen molar-refractivity contribution in [3.63, 3.8) is 0 Å². The van der Waals surface area contributed by atoms with E-state index in [0.29, 0.717) is 16.9 Å². The van der Waals surface area contributed by atoms with Gasteiger partial charge in [0.05, 0.1) is 11.3 Å².